The summed E-state index contributed by atoms with van der Waals surface area (Å²) in [7, 11) is 1.67. The third kappa shape index (κ3) is 1.64. The van der Waals surface area contributed by atoms with Crippen molar-refractivity contribution in [1.29, 1.82) is 0 Å². The number of methoxy groups -OCH3 is 1. The third-order valence-corrected chi connectivity index (χ3v) is 3.29. The van der Waals surface area contributed by atoms with E-state index in [0.717, 1.165) is 19.3 Å². The first kappa shape index (κ1) is 10.7. The van der Waals surface area contributed by atoms with Gasteiger partial charge in [-0.2, -0.15) is 0 Å². The van der Waals surface area contributed by atoms with Crippen LogP contribution in [0.25, 0.3) is 0 Å². The van der Waals surface area contributed by atoms with E-state index in [1.54, 1.807) is 7.11 Å². The highest BCUT2D eigenvalue weighted by molar-refractivity contribution is 5.89. The Bertz CT molecular complexity index is 198. The summed E-state index contributed by atoms with van der Waals surface area (Å²) < 4.78 is 5.48. The van der Waals surface area contributed by atoms with Gasteiger partial charge in [0.05, 0.1) is 0 Å². The molecule has 1 aliphatic carbocycles. The second-order valence-electron chi connectivity index (χ2n) is 4.41. The van der Waals surface area contributed by atoms with Crippen LogP contribution in [0.2, 0.25) is 0 Å². The van der Waals surface area contributed by atoms with Crippen LogP contribution in [0.15, 0.2) is 0 Å². The van der Waals surface area contributed by atoms with Crippen LogP contribution in [0.4, 0.5) is 0 Å². The predicted octanol–water partition coefficient (Wildman–Crippen LogP) is 2.42. The Morgan fingerprint density at radius 2 is 2.15 bits per heavy atom. The maximum absolute atomic E-state index is 12.0. The summed E-state index contributed by atoms with van der Waals surface area (Å²) >= 11 is 0. The van der Waals surface area contributed by atoms with E-state index in [1.165, 1.54) is 0 Å². The van der Waals surface area contributed by atoms with Gasteiger partial charge in [-0.1, -0.05) is 20.8 Å². The van der Waals surface area contributed by atoms with E-state index in [9.17, 15) is 4.79 Å². The highest BCUT2D eigenvalue weighted by atomic mass is 16.5. The molecule has 2 nitrogen and oxygen atoms in total. The lowest BCUT2D eigenvalue weighted by Crippen LogP contribution is -2.45. The Labute approximate surface area is 80.7 Å². The van der Waals surface area contributed by atoms with Gasteiger partial charge < -0.3 is 4.74 Å². The van der Waals surface area contributed by atoms with E-state index in [4.69, 9.17) is 4.74 Å². The van der Waals surface area contributed by atoms with Crippen LogP contribution in [0.3, 0.4) is 0 Å². The van der Waals surface area contributed by atoms with Gasteiger partial charge in [-0.05, 0) is 25.2 Å². The maximum atomic E-state index is 12.0. The summed E-state index contributed by atoms with van der Waals surface area (Å²) in [6.07, 6.45) is 3.14. The lowest BCUT2D eigenvalue weighted by molar-refractivity contribution is -0.148. The second-order valence-corrected chi connectivity index (χ2v) is 4.41. The van der Waals surface area contributed by atoms with Crippen molar-refractivity contribution in [1.82, 2.24) is 0 Å². The summed E-state index contributed by atoms with van der Waals surface area (Å²) in [6.45, 7) is 6.03. The Morgan fingerprint density at radius 3 is 2.46 bits per heavy atom. The molecule has 1 aliphatic rings. The third-order valence-electron chi connectivity index (χ3n) is 3.29. The minimum absolute atomic E-state index is 0.0838. The molecule has 0 amide bonds. The Hall–Kier alpha value is -0.370. The largest absolute Gasteiger partial charge is 0.370 e. The summed E-state index contributed by atoms with van der Waals surface area (Å²) in [5, 5.41) is 0. The van der Waals surface area contributed by atoms with Gasteiger partial charge in [-0.25, -0.2) is 0 Å². The summed E-state index contributed by atoms with van der Waals surface area (Å²) in [5.41, 5.74) is -0.464. The minimum Gasteiger partial charge on any atom is -0.370 e. The van der Waals surface area contributed by atoms with Crippen LogP contribution in [-0.4, -0.2) is 18.5 Å². The summed E-state index contributed by atoms with van der Waals surface area (Å²) in [4.78, 5) is 12.0. The van der Waals surface area contributed by atoms with E-state index in [-0.39, 0.29) is 11.7 Å². The van der Waals surface area contributed by atoms with Crippen molar-refractivity contribution < 1.29 is 9.53 Å². The van der Waals surface area contributed by atoms with Gasteiger partial charge in [0.1, 0.15) is 5.60 Å². The van der Waals surface area contributed by atoms with Gasteiger partial charge in [-0.15, -0.1) is 0 Å². The number of Topliss-reactive ketones (excluding diaryl/α,β-unsaturated/α-hetero) is 1. The number of carbonyl (C=O) groups excluding carboxylic acids is 1. The van der Waals surface area contributed by atoms with Gasteiger partial charge in [0.2, 0.25) is 0 Å². The molecule has 13 heavy (non-hydrogen) atoms. The molecule has 1 fully saturated rings. The summed E-state index contributed by atoms with van der Waals surface area (Å²) in [6, 6.07) is 0. The molecule has 2 unspecified atom stereocenters. The standard InChI is InChI=1S/C11H20O2/c1-8(2)10(12)11(13-4)7-5-6-9(11)3/h8-9H,5-7H2,1-4H3. The first-order valence-corrected chi connectivity index (χ1v) is 5.14. The van der Waals surface area contributed by atoms with Crippen molar-refractivity contribution in [2.75, 3.05) is 7.11 Å². The minimum atomic E-state index is -0.464. The van der Waals surface area contributed by atoms with Crippen molar-refractivity contribution in [3.05, 3.63) is 0 Å². The zero-order valence-electron chi connectivity index (χ0n) is 9.09. The van der Waals surface area contributed by atoms with Gasteiger partial charge in [0.25, 0.3) is 0 Å². The Balaban J connectivity index is 2.86. The van der Waals surface area contributed by atoms with Crippen molar-refractivity contribution in [3.8, 4) is 0 Å². The molecule has 76 valence electrons. The molecule has 1 rings (SSSR count). The number of hydrogen-bond donors (Lipinski definition) is 0. The fraction of sp³-hybridized carbons (Fsp3) is 0.909. The van der Waals surface area contributed by atoms with Crippen LogP contribution in [0.1, 0.15) is 40.0 Å². The molecule has 2 atom stereocenters. The number of carbonyl (C=O) groups is 1. The van der Waals surface area contributed by atoms with Gasteiger partial charge in [0.15, 0.2) is 5.78 Å². The van der Waals surface area contributed by atoms with Crippen LogP contribution in [-0.2, 0) is 9.53 Å². The molecule has 2 heteroatoms. The molecule has 0 radical (unpaired) electrons. The SMILES string of the molecule is COC1(C(=O)C(C)C)CCCC1C. The monoisotopic (exact) mass is 184 g/mol. The van der Waals surface area contributed by atoms with Crippen LogP contribution >= 0.6 is 0 Å². The molecule has 0 saturated heterocycles. The molecule has 0 bridgehead atoms. The average molecular weight is 184 g/mol. The predicted molar refractivity (Wildman–Crippen MR) is 52.6 cm³/mol. The van der Waals surface area contributed by atoms with E-state index in [0.29, 0.717) is 5.92 Å². The second kappa shape index (κ2) is 3.79. The Morgan fingerprint density at radius 1 is 1.54 bits per heavy atom. The molecule has 0 aromatic carbocycles. The summed E-state index contributed by atoms with van der Waals surface area (Å²) in [5.74, 6) is 0.743. The first-order valence-electron chi connectivity index (χ1n) is 5.14. The van der Waals surface area contributed by atoms with Crippen molar-refractivity contribution in [2.24, 2.45) is 11.8 Å². The maximum Gasteiger partial charge on any atom is 0.167 e. The topological polar surface area (TPSA) is 26.3 Å². The zero-order valence-corrected chi connectivity index (χ0v) is 9.09. The highest BCUT2D eigenvalue weighted by Gasteiger charge is 2.47. The normalized spacial score (nSPS) is 34.1. The van der Waals surface area contributed by atoms with Crippen molar-refractivity contribution in [2.45, 2.75) is 45.6 Å². The molecule has 0 aliphatic heterocycles. The van der Waals surface area contributed by atoms with Crippen LogP contribution in [0, 0.1) is 11.8 Å². The number of rotatable bonds is 3. The molecule has 0 N–H and O–H groups in total. The molecule has 1 saturated carbocycles. The molecule has 0 heterocycles. The first-order chi connectivity index (χ1) is 6.04. The highest BCUT2D eigenvalue weighted by Crippen LogP contribution is 2.40. The van der Waals surface area contributed by atoms with Crippen molar-refractivity contribution in [3.63, 3.8) is 0 Å². The fourth-order valence-electron chi connectivity index (χ4n) is 2.41. The number of ketones is 1. The van der Waals surface area contributed by atoms with E-state index < -0.39 is 5.60 Å². The van der Waals surface area contributed by atoms with E-state index >= 15 is 0 Å². The molecule has 0 aromatic heterocycles. The molecule has 0 aromatic rings. The molecular weight excluding hydrogens is 164 g/mol. The van der Waals surface area contributed by atoms with Crippen LogP contribution in [0.5, 0.6) is 0 Å². The average Bonchev–Trinajstić information content (AvgIpc) is 2.46. The van der Waals surface area contributed by atoms with E-state index in [1.807, 2.05) is 13.8 Å². The van der Waals surface area contributed by atoms with E-state index in [2.05, 4.69) is 6.92 Å². The Kier molecular flexibility index (Phi) is 3.12. The number of ether oxygens (including phenoxy) is 1. The molecule has 0 spiro atoms. The smallest absolute Gasteiger partial charge is 0.167 e. The fourth-order valence-corrected chi connectivity index (χ4v) is 2.41. The van der Waals surface area contributed by atoms with Crippen LogP contribution < -0.4 is 0 Å². The lowest BCUT2D eigenvalue weighted by atomic mass is 9.83. The van der Waals surface area contributed by atoms with Gasteiger partial charge >= 0.3 is 0 Å². The van der Waals surface area contributed by atoms with Gasteiger partial charge in [-0.3, -0.25) is 4.79 Å². The zero-order chi connectivity index (χ0) is 10.1. The van der Waals surface area contributed by atoms with Crippen molar-refractivity contribution >= 4 is 5.78 Å². The lowest BCUT2D eigenvalue weighted by Gasteiger charge is -2.32. The number of hydrogen-bond acceptors (Lipinski definition) is 2. The van der Waals surface area contributed by atoms with Gasteiger partial charge in [0, 0.05) is 13.0 Å². The quantitative estimate of drug-likeness (QED) is 0.673. The molecular formula is C11H20O2.